The van der Waals surface area contributed by atoms with Crippen LogP contribution in [0.2, 0.25) is 0 Å². The fraction of sp³-hybridized carbons (Fsp3) is 0.474. The number of aromatic nitrogens is 2. The van der Waals surface area contributed by atoms with Gasteiger partial charge in [0.15, 0.2) is 17.3 Å². The number of aliphatic carboxylic acids is 1. The third kappa shape index (κ3) is 4.08. The van der Waals surface area contributed by atoms with Gasteiger partial charge in [-0.3, -0.25) is 9.59 Å². The number of ether oxygens (including phenoxy) is 2. The van der Waals surface area contributed by atoms with Crippen molar-refractivity contribution in [1.82, 2.24) is 15.0 Å². The lowest BCUT2D eigenvalue weighted by atomic mass is 9.89. The smallest absolute Gasteiger partial charge is 0.305 e. The predicted octanol–water partition coefficient (Wildman–Crippen LogP) is 1.93. The van der Waals surface area contributed by atoms with Crippen LogP contribution in [0.15, 0.2) is 16.7 Å². The molecule has 1 unspecified atom stereocenters. The van der Waals surface area contributed by atoms with Gasteiger partial charge in [-0.25, -0.2) is 0 Å². The molecule has 2 aromatic rings. The molecule has 3 rings (SSSR count). The Morgan fingerprint density at radius 1 is 1.29 bits per heavy atom. The Kier molecular flexibility index (Phi) is 5.81. The molecule has 9 nitrogen and oxygen atoms in total. The van der Waals surface area contributed by atoms with Crippen LogP contribution < -0.4 is 9.47 Å². The number of fused-ring (bicyclic) bond motifs is 1. The summed E-state index contributed by atoms with van der Waals surface area (Å²) in [6.07, 6.45) is 0.903. The molecular formula is C19H23N3O6. The third-order valence-corrected chi connectivity index (χ3v) is 4.81. The summed E-state index contributed by atoms with van der Waals surface area (Å²) in [5.41, 5.74) is 1.73. The molecule has 0 fully saturated rings. The Balaban J connectivity index is 1.85. The van der Waals surface area contributed by atoms with E-state index in [-0.39, 0.29) is 18.7 Å². The van der Waals surface area contributed by atoms with Crippen molar-refractivity contribution in [3.05, 3.63) is 35.0 Å². The number of carbonyl (C=O) groups excluding carboxylic acids is 1. The minimum Gasteiger partial charge on any atom is -0.493 e. The molecule has 1 aliphatic rings. The van der Waals surface area contributed by atoms with Crippen molar-refractivity contribution in [3.8, 4) is 11.5 Å². The molecule has 0 radical (unpaired) electrons. The summed E-state index contributed by atoms with van der Waals surface area (Å²) in [7, 11) is 3.07. The molecule has 9 heteroatoms. The van der Waals surface area contributed by atoms with Crippen LogP contribution in [0.25, 0.3) is 0 Å². The molecule has 28 heavy (non-hydrogen) atoms. The standard InChI is InChI=1S/C19H23N3O6/c1-11-20-17(28-21-11)4-5-18(23)22-7-6-12-8-15(26-2)16(27-3)9-13(12)14(22)10-19(24)25/h8-9,14H,4-7,10H2,1-3H3,(H,24,25). The predicted molar refractivity (Wildman–Crippen MR) is 97.3 cm³/mol. The highest BCUT2D eigenvalue weighted by molar-refractivity contribution is 5.79. The average Bonchev–Trinajstić information content (AvgIpc) is 3.10. The van der Waals surface area contributed by atoms with Crippen molar-refractivity contribution in [2.45, 2.75) is 38.6 Å². The maximum atomic E-state index is 12.8. The number of carbonyl (C=O) groups is 2. The monoisotopic (exact) mass is 389 g/mol. The molecule has 2 heterocycles. The van der Waals surface area contributed by atoms with Crippen LogP contribution >= 0.6 is 0 Å². The van der Waals surface area contributed by atoms with Crippen molar-refractivity contribution in [2.75, 3.05) is 20.8 Å². The first-order valence-electron chi connectivity index (χ1n) is 8.98. The van der Waals surface area contributed by atoms with Gasteiger partial charge in [0.25, 0.3) is 0 Å². The number of hydrogen-bond acceptors (Lipinski definition) is 7. The molecule has 1 aromatic carbocycles. The van der Waals surface area contributed by atoms with Gasteiger partial charge in [-0.1, -0.05) is 5.16 Å². The first-order chi connectivity index (χ1) is 13.4. The summed E-state index contributed by atoms with van der Waals surface area (Å²) in [5, 5.41) is 13.1. The van der Waals surface area contributed by atoms with Gasteiger partial charge in [-0.15, -0.1) is 0 Å². The first-order valence-corrected chi connectivity index (χ1v) is 8.98. The molecule has 150 valence electrons. The SMILES string of the molecule is COc1cc2c(cc1OC)C(CC(=O)O)N(C(=O)CCc1nc(C)no1)CC2. The Morgan fingerprint density at radius 2 is 2.00 bits per heavy atom. The molecule has 1 N–H and O–H groups in total. The Labute approximate surface area is 162 Å². The first kappa shape index (κ1) is 19.7. The van der Waals surface area contributed by atoms with E-state index in [1.807, 2.05) is 6.07 Å². The van der Waals surface area contributed by atoms with E-state index in [1.165, 1.54) is 7.11 Å². The molecule has 0 aliphatic carbocycles. The quantitative estimate of drug-likeness (QED) is 0.764. The van der Waals surface area contributed by atoms with Crippen molar-refractivity contribution < 1.29 is 28.7 Å². The lowest BCUT2D eigenvalue weighted by molar-refractivity contribution is -0.141. The second-order valence-corrected chi connectivity index (χ2v) is 6.59. The number of amides is 1. The molecule has 0 bridgehead atoms. The summed E-state index contributed by atoms with van der Waals surface area (Å²) in [4.78, 5) is 30.0. The zero-order valence-corrected chi connectivity index (χ0v) is 16.1. The van der Waals surface area contributed by atoms with E-state index < -0.39 is 12.0 Å². The summed E-state index contributed by atoms with van der Waals surface area (Å²) < 4.78 is 15.7. The Morgan fingerprint density at radius 3 is 2.61 bits per heavy atom. The van der Waals surface area contributed by atoms with Crippen LogP contribution in [0, 0.1) is 6.92 Å². The minimum atomic E-state index is -0.974. The highest BCUT2D eigenvalue weighted by Gasteiger charge is 2.33. The Hall–Kier alpha value is -3.10. The number of nitrogens with zero attached hydrogens (tertiary/aromatic N) is 3. The molecular weight excluding hydrogens is 366 g/mol. The van der Waals surface area contributed by atoms with Gasteiger partial charge < -0.3 is 24.0 Å². The summed E-state index contributed by atoms with van der Waals surface area (Å²) in [6.45, 7) is 2.14. The van der Waals surface area contributed by atoms with Crippen LogP contribution in [0.1, 0.15) is 41.7 Å². The normalized spacial score (nSPS) is 15.8. The lowest BCUT2D eigenvalue weighted by Gasteiger charge is -2.37. The van der Waals surface area contributed by atoms with Gasteiger partial charge in [-0.05, 0) is 36.6 Å². The highest BCUT2D eigenvalue weighted by atomic mass is 16.5. The van der Waals surface area contributed by atoms with Gasteiger partial charge in [-0.2, -0.15) is 4.98 Å². The second-order valence-electron chi connectivity index (χ2n) is 6.59. The van der Waals surface area contributed by atoms with Gasteiger partial charge in [0.1, 0.15) is 0 Å². The van der Waals surface area contributed by atoms with Crippen LogP contribution in [0.4, 0.5) is 0 Å². The molecule has 1 aromatic heterocycles. The van der Waals surface area contributed by atoms with Crippen LogP contribution in [0.5, 0.6) is 11.5 Å². The van der Waals surface area contributed by atoms with Crippen molar-refractivity contribution in [2.24, 2.45) is 0 Å². The zero-order chi connectivity index (χ0) is 20.3. The van der Waals surface area contributed by atoms with E-state index in [4.69, 9.17) is 14.0 Å². The van der Waals surface area contributed by atoms with Gasteiger partial charge >= 0.3 is 5.97 Å². The number of carboxylic acid groups (broad SMARTS) is 1. The minimum absolute atomic E-state index is 0.150. The van der Waals surface area contributed by atoms with E-state index in [2.05, 4.69) is 10.1 Å². The second kappa shape index (κ2) is 8.28. The summed E-state index contributed by atoms with van der Waals surface area (Å²) in [5.74, 6) is 0.873. The van der Waals surface area contributed by atoms with Crippen LogP contribution in [-0.4, -0.2) is 52.8 Å². The number of hydrogen-bond donors (Lipinski definition) is 1. The van der Waals surface area contributed by atoms with Gasteiger partial charge in [0.05, 0.1) is 26.7 Å². The number of carboxylic acids is 1. The van der Waals surface area contributed by atoms with E-state index >= 15 is 0 Å². The highest BCUT2D eigenvalue weighted by Crippen LogP contribution is 2.39. The molecule has 0 saturated heterocycles. The average molecular weight is 389 g/mol. The number of methoxy groups -OCH3 is 2. The molecule has 0 spiro atoms. The lowest BCUT2D eigenvalue weighted by Crippen LogP contribution is -2.41. The maximum Gasteiger partial charge on any atom is 0.305 e. The van der Waals surface area contributed by atoms with E-state index in [9.17, 15) is 14.7 Å². The van der Waals surface area contributed by atoms with Gasteiger partial charge in [0.2, 0.25) is 11.8 Å². The molecule has 1 aliphatic heterocycles. The molecule has 1 atom stereocenters. The zero-order valence-electron chi connectivity index (χ0n) is 16.1. The molecule has 0 saturated carbocycles. The molecule has 1 amide bonds. The summed E-state index contributed by atoms with van der Waals surface area (Å²) in [6, 6.07) is 3.05. The van der Waals surface area contributed by atoms with E-state index in [0.29, 0.717) is 42.6 Å². The fourth-order valence-corrected chi connectivity index (χ4v) is 3.51. The Bertz CT molecular complexity index is 879. The van der Waals surface area contributed by atoms with Crippen LogP contribution in [-0.2, 0) is 22.4 Å². The van der Waals surface area contributed by atoms with E-state index in [0.717, 1.165) is 11.1 Å². The van der Waals surface area contributed by atoms with E-state index in [1.54, 1.807) is 25.0 Å². The fourth-order valence-electron chi connectivity index (χ4n) is 3.51. The number of benzene rings is 1. The van der Waals surface area contributed by atoms with Gasteiger partial charge in [0, 0.05) is 19.4 Å². The number of rotatable bonds is 7. The summed E-state index contributed by atoms with van der Waals surface area (Å²) >= 11 is 0. The largest absolute Gasteiger partial charge is 0.493 e. The maximum absolute atomic E-state index is 12.8. The van der Waals surface area contributed by atoms with Crippen molar-refractivity contribution in [1.29, 1.82) is 0 Å². The third-order valence-electron chi connectivity index (χ3n) is 4.81. The topological polar surface area (TPSA) is 115 Å². The van der Waals surface area contributed by atoms with Crippen LogP contribution in [0.3, 0.4) is 0 Å². The number of aryl methyl sites for hydroxylation is 2. The van der Waals surface area contributed by atoms with Crippen molar-refractivity contribution >= 4 is 11.9 Å². The van der Waals surface area contributed by atoms with Crippen molar-refractivity contribution in [3.63, 3.8) is 0 Å².